The normalized spacial score (nSPS) is 27.1. The summed E-state index contributed by atoms with van der Waals surface area (Å²) < 4.78 is 43.3. The maximum Gasteiger partial charge on any atom is 0.422 e. The van der Waals surface area contributed by atoms with Gasteiger partial charge in [0.25, 0.3) is 11.8 Å². The minimum atomic E-state index is -4.48. The number of carbonyl (C=O) groups is 2. The zero-order chi connectivity index (χ0) is 26.2. The fourth-order valence-electron chi connectivity index (χ4n) is 6.51. The minimum Gasteiger partial charge on any atom is -0.482 e. The van der Waals surface area contributed by atoms with Gasteiger partial charge in [0, 0.05) is 43.7 Å². The highest BCUT2D eigenvalue weighted by Gasteiger charge is 2.59. The van der Waals surface area contributed by atoms with Crippen LogP contribution in [-0.2, 0) is 0 Å². The molecule has 2 aromatic rings. The number of nitrogens with zero attached hydrogens (tertiary/aromatic N) is 4. The van der Waals surface area contributed by atoms with Crippen LogP contribution in [0, 0.1) is 23.7 Å². The molecule has 2 amide bonds. The van der Waals surface area contributed by atoms with Gasteiger partial charge in [-0.05, 0) is 54.7 Å². The fourth-order valence-corrected chi connectivity index (χ4v) is 6.51. The van der Waals surface area contributed by atoms with Crippen LogP contribution >= 0.6 is 0 Å². The summed E-state index contributed by atoms with van der Waals surface area (Å²) in [7, 11) is 0. The molecule has 1 aromatic carbocycles. The molecule has 10 nitrogen and oxygen atoms in total. The van der Waals surface area contributed by atoms with Crippen molar-refractivity contribution in [3.63, 3.8) is 0 Å². The van der Waals surface area contributed by atoms with Crippen LogP contribution in [0.5, 0.6) is 5.75 Å². The van der Waals surface area contributed by atoms with E-state index in [0.717, 1.165) is 24.2 Å². The minimum absolute atomic E-state index is 0.000631. The number of nitrogens with one attached hydrogen (secondary N) is 3. The number of hydrogen-bond donors (Lipinski definition) is 3. The first-order chi connectivity index (χ1) is 18.2. The zero-order valence-electron chi connectivity index (χ0n) is 20.3. The highest BCUT2D eigenvalue weighted by Crippen LogP contribution is 2.54. The lowest BCUT2D eigenvalue weighted by Gasteiger charge is -2.42. The summed E-state index contributed by atoms with van der Waals surface area (Å²) in [4.78, 5) is 30.0. The molecular formula is C25H26F3N7O3. The van der Waals surface area contributed by atoms with Crippen LogP contribution < -0.4 is 21.1 Å². The van der Waals surface area contributed by atoms with Crippen molar-refractivity contribution >= 4 is 23.2 Å². The zero-order valence-corrected chi connectivity index (χ0v) is 20.3. The van der Waals surface area contributed by atoms with E-state index in [4.69, 9.17) is 4.74 Å². The number of aromatic nitrogens is 2. The molecule has 2 unspecified atom stereocenters. The molecular weight excluding hydrogens is 503 g/mol. The Kier molecular flexibility index (Phi) is 5.23. The maximum absolute atomic E-state index is 13.3. The van der Waals surface area contributed by atoms with Crippen LogP contribution in [-0.4, -0.2) is 70.8 Å². The monoisotopic (exact) mass is 529 g/mol. The molecule has 1 aromatic heterocycles. The van der Waals surface area contributed by atoms with E-state index in [1.807, 2.05) is 23.1 Å². The molecule has 7 rings (SSSR count). The number of benzene rings is 1. The number of fused-ring (bicyclic) bond motifs is 5. The Labute approximate surface area is 215 Å². The highest BCUT2D eigenvalue weighted by atomic mass is 19.4. The Morgan fingerprint density at radius 2 is 1.53 bits per heavy atom. The van der Waals surface area contributed by atoms with Gasteiger partial charge in [0.05, 0.1) is 11.4 Å². The average molecular weight is 530 g/mol. The lowest BCUT2D eigenvalue weighted by molar-refractivity contribution is -0.153. The van der Waals surface area contributed by atoms with Crippen molar-refractivity contribution < 1.29 is 27.5 Å². The molecule has 200 valence electrons. The molecule has 2 aliphatic carbocycles. The van der Waals surface area contributed by atoms with Crippen molar-refractivity contribution in [2.45, 2.75) is 24.9 Å². The summed E-state index contributed by atoms with van der Waals surface area (Å²) in [5, 5.41) is 8.13. The Morgan fingerprint density at radius 1 is 0.895 bits per heavy atom. The molecule has 4 fully saturated rings. The summed E-state index contributed by atoms with van der Waals surface area (Å²) >= 11 is 0. The van der Waals surface area contributed by atoms with Crippen molar-refractivity contribution in [1.29, 1.82) is 0 Å². The number of anilines is 2. The second-order valence-corrected chi connectivity index (χ2v) is 10.9. The van der Waals surface area contributed by atoms with Gasteiger partial charge in [0.1, 0.15) is 11.4 Å². The van der Waals surface area contributed by atoms with Crippen molar-refractivity contribution in [1.82, 2.24) is 25.5 Å². The lowest BCUT2D eigenvalue weighted by atomic mass is 9.60. The lowest BCUT2D eigenvalue weighted by Crippen LogP contribution is -2.44. The molecule has 0 spiro atoms. The molecule has 38 heavy (non-hydrogen) atoms. The number of amides is 2. The summed E-state index contributed by atoms with van der Waals surface area (Å²) in [5.41, 5.74) is 11.5. The summed E-state index contributed by atoms with van der Waals surface area (Å²) in [6.07, 6.45) is -2.85. The number of hydrogen-bond acceptors (Lipinski definition) is 8. The number of likely N-dealkylation sites (tertiary alicyclic amines) is 2. The van der Waals surface area contributed by atoms with E-state index >= 15 is 0 Å². The second-order valence-electron chi connectivity index (χ2n) is 10.9. The third kappa shape index (κ3) is 3.99. The standard InChI is InChI=1S/C25H26F3N7O3/c26-25(27,28)11-38-21-6-20(29-32-22(21)12-1-2-12)24(37)35-9-16-14-7-34(8-15(14)17(16)10-35)23(36)13-3-4-18-19(5-13)31-33-30-18/h3-6,12,14-17,30-31,33H,1-2,7-11H2/t14-,15+,16?,17?. The van der Waals surface area contributed by atoms with Gasteiger partial charge in [-0.1, -0.05) is 0 Å². The average Bonchev–Trinajstić information content (AvgIpc) is 3.32. The first-order valence-corrected chi connectivity index (χ1v) is 12.8. The maximum atomic E-state index is 13.3. The fraction of sp³-hybridized carbons (Fsp3) is 0.520. The third-order valence-corrected chi connectivity index (χ3v) is 8.52. The van der Waals surface area contributed by atoms with Gasteiger partial charge in [0.2, 0.25) is 0 Å². The highest BCUT2D eigenvalue weighted by molar-refractivity contribution is 5.97. The Morgan fingerprint density at radius 3 is 2.16 bits per heavy atom. The van der Waals surface area contributed by atoms with Crippen LogP contribution in [0.4, 0.5) is 24.5 Å². The molecule has 0 radical (unpaired) electrons. The number of carbonyl (C=O) groups excluding carboxylic acids is 2. The van der Waals surface area contributed by atoms with Gasteiger partial charge in [0.15, 0.2) is 12.3 Å². The van der Waals surface area contributed by atoms with E-state index in [2.05, 4.69) is 26.6 Å². The van der Waals surface area contributed by atoms with E-state index in [1.54, 1.807) is 4.90 Å². The summed E-state index contributed by atoms with van der Waals surface area (Å²) in [6.45, 7) is 0.946. The predicted molar refractivity (Wildman–Crippen MR) is 128 cm³/mol. The molecule has 13 heteroatoms. The molecule has 0 bridgehead atoms. The number of ether oxygens (including phenoxy) is 1. The second kappa shape index (κ2) is 8.45. The van der Waals surface area contributed by atoms with E-state index in [1.165, 1.54) is 6.07 Å². The van der Waals surface area contributed by atoms with Gasteiger partial charge in [-0.25, -0.2) is 0 Å². The summed E-state index contributed by atoms with van der Waals surface area (Å²) in [5.74, 6) is 0.907. The van der Waals surface area contributed by atoms with E-state index < -0.39 is 12.8 Å². The van der Waals surface area contributed by atoms with Gasteiger partial charge in [-0.3, -0.25) is 9.59 Å². The van der Waals surface area contributed by atoms with Crippen LogP contribution in [0.3, 0.4) is 0 Å². The molecule has 2 saturated carbocycles. The number of hydrazine groups is 2. The van der Waals surface area contributed by atoms with Crippen LogP contribution in [0.25, 0.3) is 0 Å². The largest absolute Gasteiger partial charge is 0.482 e. The number of rotatable bonds is 5. The van der Waals surface area contributed by atoms with Gasteiger partial charge >= 0.3 is 6.18 Å². The molecule has 3 aliphatic heterocycles. The number of alkyl halides is 3. The van der Waals surface area contributed by atoms with Gasteiger partial charge in [-0.2, -0.15) is 18.3 Å². The Balaban J connectivity index is 1.01. The van der Waals surface area contributed by atoms with Crippen molar-refractivity contribution in [3.05, 3.63) is 41.2 Å². The molecule has 5 aliphatic rings. The Hall–Kier alpha value is -3.61. The van der Waals surface area contributed by atoms with Gasteiger partial charge < -0.3 is 25.4 Å². The van der Waals surface area contributed by atoms with E-state index in [0.29, 0.717) is 49.3 Å². The van der Waals surface area contributed by atoms with E-state index in [9.17, 15) is 22.8 Å². The molecule has 2 saturated heterocycles. The summed E-state index contributed by atoms with van der Waals surface area (Å²) in [6, 6.07) is 6.81. The number of halogens is 3. The van der Waals surface area contributed by atoms with Crippen molar-refractivity contribution in [3.8, 4) is 5.75 Å². The molecule has 4 atom stereocenters. The smallest absolute Gasteiger partial charge is 0.422 e. The van der Waals surface area contributed by atoms with Gasteiger partial charge in [-0.15, -0.1) is 10.6 Å². The first kappa shape index (κ1) is 23.5. The van der Waals surface area contributed by atoms with Crippen molar-refractivity contribution in [2.24, 2.45) is 23.7 Å². The SMILES string of the molecule is O=C(c1ccc2c(c1)NNN2)N1C[C@@H]2C3CN(C(=O)c4cc(OCC(F)(F)F)c(C5CC5)nn4)CC3[C@@H]2C1. The van der Waals surface area contributed by atoms with Crippen molar-refractivity contribution in [2.75, 3.05) is 43.6 Å². The predicted octanol–water partition coefficient (Wildman–Crippen LogP) is 2.64. The molecule has 3 N–H and O–H groups in total. The quantitative estimate of drug-likeness (QED) is 0.542. The topological polar surface area (TPSA) is 112 Å². The first-order valence-electron chi connectivity index (χ1n) is 12.8. The third-order valence-electron chi connectivity index (χ3n) is 8.52. The van der Waals surface area contributed by atoms with Crippen LogP contribution in [0.2, 0.25) is 0 Å². The molecule has 4 heterocycles. The van der Waals surface area contributed by atoms with Crippen LogP contribution in [0.1, 0.15) is 45.3 Å². The van der Waals surface area contributed by atoms with E-state index in [-0.39, 0.29) is 41.0 Å². The van der Waals surface area contributed by atoms with Crippen LogP contribution in [0.15, 0.2) is 24.3 Å². The Bertz CT molecular complexity index is 1300.